The van der Waals surface area contributed by atoms with Crippen LogP contribution in [0.1, 0.15) is 31.9 Å². The lowest BCUT2D eigenvalue weighted by Crippen LogP contribution is -2.39. The monoisotopic (exact) mass is 363 g/mol. The third kappa shape index (κ3) is 4.22. The number of para-hydroxylation sites is 1. The van der Waals surface area contributed by atoms with Crippen LogP contribution in [0.2, 0.25) is 0 Å². The predicted octanol–water partition coefficient (Wildman–Crippen LogP) is 4.88. The second kappa shape index (κ2) is 8.58. The third-order valence-electron chi connectivity index (χ3n) is 4.65. The molecule has 140 valence electrons. The van der Waals surface area contributed by atoms with Crippen LogP contribution in [0, 0.1) is 0 Å². The second-order valence-corrected chi connectivity index (χ2v) is 6.46. The highest BCUT2D eigenvalue weighted by atomic mass is 16.5. The summed E-state index contributed by atoms with van der Waals surface area (Å²) in [5, 5.41) is 5.14. The summed E-state index contributed by atoms with van der Waals surface area (Å²) >= 11 is 0. The zero-order valence-corrected chi connectivity index (χ0v) is 15.9. The molecule has 3 aromatic carbocycles. The molecular formula is C23H25NO3. The molecule has 3 rings (SSSR count). The van der Waals surface area contributed by atoms with Crippen LogP contribution in [0.15, 0.2) is 66.7 Å². The Bertz CT molecular complexity index is 917. The van der Waals surface area contributed by atoms with Crippen molar-refractivity contribution in [3.05, 3.63) is 72.3 Å². The molecule has 4 nitrogen and oxygen atoms in total. The average molecular weight is 363 g/mol. The van der Waals surface area contributed by atoms with Crippen molar-refractivity contribution in [2.75, 3.05) is 7.11 Å². The Morgan fingerprint density at radius 2 is 1.63 bits per heavy atom. The molecule has 27 heavy (non-hydrogen) atoms. The van der Waals surface area contributed by atoms with Crippen molar-refractivity contribution in [3.63, 3.8) is 0 Å². The molecular weight excluding hydrogens is 338 g/mol. The Labute approximate surface area is 160 Å². The number of hydrogen-bond donors (Lipinski definition) is 1. The first kappa shape index (κ1) is 18.8. The van der Waals surface area contributed by atoms with Gasteiger partial charge >= 0.3 is 0 Å². The van der Waals surface area contributed by atoms with Crippen LogP contribution >= 0.6 is 0 Å². The van der Waals surface area contributed by atoms with Crippen molar-refractivity contribution in [1.29, 1.82) is 0 Å². The number of nitrogens with one attached hydrogen (secondary N) is 1. The minimum absolute atomic E-state index is 0.135. The predicted molar refractivity (Wildman–Crippen MR) is 108 cm³/mol. The van der Waals surface area contributed by atoms with E-state index in [4.69, 9.17) is 9.47 Å². The zero-order valence-electron chi connectivity index (χ0n) is 15.9. The molecule has 2 unspecified atom stereocenters. The normalized spacial score (nSPS) is 13.0. The van der Waals surface area contributed by atoms with Gasteiger partial charge in [0.15, 0.2) is 6.10 Å². The quantitative estimate of drug-likeness (QED) is 0.650. The molecule has 0 radical (unpaired) electrons. The van der Waals surface area contributed by atoms with E-state index in [1.807, 2.05) is 80.6 Å². The number of methoxy groups -OCH3 is 1. The van der Waals surface area contributed by atoms with Crippen molar-refractivity contribution in [3.8, 4) is 11.5 Å². The number of hydrogen-bond acceptors (Lipinski definition) is 3. The first-order valence-corrected chi connectivity index (χ1v) is 9.21. The van der Waals surface area contributed by atoms with E-state index >= 15 is 0 Å². The molecule has 0 saturated carbocycles. The molecule has 2 atom stereocenters. The highest BCUT2D eigenvalue weighted by molar-refractivity contribution is 5.89. The number of benzene rings is 3. The summed E-state index contributed by atoms with van der Waals surface area (Å²) in [5.41, 5.74) is 0.938. The fourth-order valence-corrected chi connectivity index (χ4v) is 3.18. The largest absolute Gasteiger partial charge is 0.496 e. The van der Waals surface area contributed by atoms with E-state index in [0.29, 0.717) is 6.42 Å². The standard InChI is InChI=1S/C23H25NO3/c1-4-20(27-22-15-9-11-17-10-5-6-13-19(17)22)23(25)24-16(2)18-12-7-8-14-21(18)26-3/h5-16,20H,4H2,1-3H3,(H,24,25). The molecule has 4 heteroatoms. The van der Waals surface area contributed by atoms with Gasteiger partial charge in [-0.25, -0.2) is 0 Å². The SMILES string of the molecule is CCC(Oc1cccc2ccccc12)C(=O)NC(C)c1ccccc1OC. The number of fused-ring (bicyclic) bond motifs is 1. The van der Waals surface area contributed by atoms with Gasteiger partial charge < -0.3 is 14.8 Å². The summed E-state index contributed by atoms with van der Waals surface area (Å²) in [6.07, 6.45) is 0.0150. The van der Waals surface area contributed by atoms with Gasteiger partial charge in [-0.3, -0.25) is 4.79 Å². The summed E-state index contributed by atoms with van der Waals surface area (Å²) in [7, 11) is 1.63. The smallest absolute Gasteiger partial charge is 0.261 e. The van der Waals surface area contributed by atoms with E-state index in [2.05, 4.69) is 5.32 Å². The molecule has 1 N–H and O–H groups in total. The van der Waals surface area contributed by atoms with E-state index in [1.165, 1.54) is 0 Å². The van der Waals surface area contributed by atoms with Crippen LogP contribution in [-0.2, 0) is 4.79 Å². The van der Waals surface area contributed by atoms with Crippen LogP contribution in [-0.4, -0.2) is 19.1 Å². The minimum Gasteiger partial charge on any atom is -0.496 e. The number of amides is 1. The summed E-state index contributed by atoms with van der Waals surface area (Å²) < 4.78 is 11.5. The second-order valence-electron chi connectivity index (χ2n) is 6.46. The van der Waals surface area contributed by atoms with Crippen LogP contribution in [0.4, 0.5) is 0 Å². The van der Waals surface area contributed by atoms with E-state index in [-0.39, 0.29) is 11.9 Å². The van der Waals surface area contributed by atoms with Gasteiger partial charge in [-0.05, 0) is 30.9 Å². The lowest BCUT2D eigenvalue weighted by Gasteiger charge is -2.22. The lowest BCUT2D eigenvalue weighted by molar-refractivity contribution is -0.128. The first-order chi connectivity index (χ1) is 13.1. The molecule has 0 aliphatic carbocycles. The zero-order chi connectivity index (χ0) is 19.2. The average Bonchev–Trinajstić information content (AvgIpc) is 2.71. The molecule has 0 fully saturated rings. The highest BCUT2D eigenvalue weighted by Gasteiger charge is 2.22. The van der Waals surface area contributed by atoms with Crippen LogP contribution in [0.3, 0.4) is 0 Å². The summed E-state index contributed by atoms with van der Waals surface area (Å²) in [6.45, 7) is 3.89. The van der Waals surface area contributed by atoms with E-state index < -0.39 is 6.10 Å². The fourth-order valence-electron chi connectivity index (χ4n) is 3.18. The fraction of sp³-hybridized carbons (Fsp3) is 0.261. The van der Waals surface area contributed by atoms with E-state index in [0.717, 1.165) is 27.8 Å². The van der Waals surface area contributed by atoms with Crippen LogP contribution in [0.25, 0.3) is 10.8 Å². The third-order valence-corrected chi connectivity index (χ3v) is 4.65. The van der Waals surface area contributed by atoms with Crippen LogP contribution < -0.4 is 14.8 Å². The van der Waals surface area contributed by atoms with Gasteiger partial charge in [0, 0.05) is 10.9 Å². The van der Waals surface area contributed by atoms with E-state index in [1.54, 1.807) is 7.11 Å². The van der Waals surface area contributed by atoms with Crippen molar-refractivity contribution >= 4 is 16.7 Å². The number of ether oxygens (including phenoxy) is 2. The topological polar surface area (TPSA) is 47.6 Å². The molecule has 1 amide bonds. The van der Waals surface area contributed by atoms with Gasteiger partial charge in [-0.15, -0.1) is 0 Å². The molecule has 0 bridgehead atoms. The number of carbonyl (C=O) groups excluding carboxylic acids is 1. The molecule has 0 aromatic heterocycles. The lowest BCUT2D eigenvalue weighted by atomic mass is 10.1. The van der Waals surface area contributed by atoms with E-state index in [9.17, 15) is 4.79 Å². The Morgan fingerprint density at radius 1 is 0.963 bits per heavy atom. The van der Waals surface area contributed by atoms with Crippen molar-refractivity contribution < 1.29 is 14.3 Å². The number of carbonyl (C=O) groups is 1. The molecule has 0 heterocycles. The molecule has 0 saturated heterocycles. The summed E-state index contributed by atoms with van der Waals surface area (Å²) in [5.74, 6) is 1.34. The number of rotatable bonds is 7. The Balaban J connectivity index is 1.76. The Morgan fingerprint density at radius 3 is 2.41 bits per heavy atom. The molecule has 0 spiro atoms. The molecule has 0 aliphatic heterocycles. The van der Waals surface area contributed by atoms with Crippen molar-refractivity contribution in [1.82, 2.24) is 5.32 Å². The van der Waals surface area contributed by atoms with Crippen LogP contribution in [0.5, 0.6) is 11.5 Å². The Hall–Kier alpha value is -3.01. The van der Waals surface area contributed by atoms with Gasteiger partial charge in [0.2, 0.25) is 0 Å². The van der Waals surface area contributed by atoms with Crippen molar-refractivity contribution in [2.45, 2.75) is 32.4 Å². The summed E-state index contributed by atoms with van der Waals surface area (Å²) in [6, 6.07) is 21.4. The minimum atomic E-state index is -0.562. The summed E-state index contributed by atoms with van der Waals surface area (Å²) in [4.78, 5) is 12.8. The van der Waals surface area contributed by atoms with Gasteiger partial charge in [0.25, 0.3) is 5.91 Å². The van der Waals surface area contributed by atoms with Crippen molar-refractivity contribution in [2.24, 2.45) is 0 Å². The Kier molecular flexibility index (Phi) is 5.97. The van der Waals surface area contributed by atoms with Gasteiger partial charge in [-0.2, -0.15) is 0 Å². The van der Waals surface area contributed by atoms with Gasteiger partial charge in [0.1, 0.15) is 11.5 Å². The maximum Gasteiger partial charge on any atom is 0.261 e. The first-order valence-electron chi connectivity index (χ1n) is 9.21. The molecule has 3 aromatic rings. The molecule has 0 aliphatic rings. The van der Waals surface area contributed by atoms with Gasteiger partial charge in [-0.1, -0.05) is 61.5 Å². The maximum absolute atomic E-state index is 12.8. The van der Waals surface area contributed by atoms with Gasteiger partial charge in [0.05, 0.1) is 13.2 Å². The highest BCUT2D eigenvalue weighted by Crippen LogP contribution is 2.27. The maximum atomic E-state index is 12.8.